The van der Waals surface area contributed by atoms with E-state index in [1.165, 1.54) is 0 Å². The molecule has 18 heavy (non-hydrogen) atoms. The number of hydrogen-bond acceptors (Lipinski definition) is 3. The van der Waals surface area contributed by atoms with Crippen LogP contribution in [0.5, 0.6) is 0 Å². The van der Waals surface area contributed by atoms with Crippen molar-refractivity contribution >= 4 is 5.97 Å². The van der Waals surface area contributed by atoms with Crippen LogP contribution in [0.1, 0.15) is 39.8 Å². The topological polar surface area (TPSA) is 69.2 Å². The van der Waals surface area contributed by atoms with Crippen LogP contribution >= 0.6 is 0 Å². The van der Waals surface area contributed by atoms with Crippen LogP contribution in [0.15, 0.2) is 12.5 Å². The highest BCUT2D eigenvalue weighted by atomic mass is 16.4. The number of H-pyrrole nitrogens is 1. The molecular formula is C13H23N3O2. The lowest BCUT2D eigenvalue weighted by molar-refractivity contribution is -0.145. The Hall–Kier alpha value is -1.36. The molecule has 0 radical (unpaired) electrons. The predicted octanol–water partition coefficient (Wildman–Crippen LogP) is 1.91. The Morgan fingerprint density at radius 3 is 2.56 bits per heavy atom. The van der Waals surface area contributed by atoms with Gasteiger partial charge in [-0.25, -0.2) is 4.98 Å². The van der Waals surface area contributed by atoms with Gasteiger partial charge in [-0.15, -0.1) is 0 Å². The number of hydrogen-bond donors (Lipinski definition) is 2. The van der Waals surface area contributed by atoms with Gasteiger partial charge in [0.15, 0.2) is 0 Å². The molecule has 0 amide bonds. The lowest BCUT2D eigenvalue weighted by Gasteiger charge is -2.36. The van der Waals surface area contributed by atoms with Crippen LogP contribution in [0.2, 0.25) is 0 Å². The van der Waals surface area contributed by atoms with E-state index in [1.54, 1.807) is 12.5 Å². The molecular weight excluding hydrogens is 230 g/mol. The van der Waals surface area contributed by atoms with E-state index >= 15 is 0 Å². The maximum Gasteiger partial charge on any atom is 0.321 e. The Labute approximate surface area is 108 Å². The van der Waals surface area contributed by atoms with Crippen LogP contribution in [-0.4, -0.2) is 44.1 Å². The third-order valence-electron chi connectivity index (χ3n) is 3.30. The van der Waals surface area contributed by atoms with Crippen LogP contribution < -0.4 is 0 Å². The van der Waals surface area contributed by atoms with Gasteiger partial charge in [0.2, 0.25) is 0 Å². The van der Waals surface area contributed by atoms with Gasteiger partial charge in [0, 0.05) is 24.7 Å². The van der Waals surface area contributed by atoms with Gasteiger partial charge in [-0.05, 0) is 27.2 Å². The molecule has 1 aromatic rings. The first kappa shape index (κ1) is 14.7. The molecule has 0 aliphatic rings. The second kappa shape index (κ2) is 6.54. The van der Waals surface area contributed by atoms with Crippen molar-refractivity contribution in [3.05, 3.63) is 18.2 Å². The summed E-state index contributed by atoms with van der Waals surface area (Å²) in [5.74, 6) is -0.785. The number of aromatic amines is 1. The van der Waals surface area contributed by atoms with E-state index in [9.17, 15) is 9.90 Å². The van der Waals surface area contributed by atoms with Gasteiger partial charge in [-0.3, -0.25) is 9.69 Å². The molecule has 5 nitrogen and oxygen atoms in total. The molecule has 0 aromatic carbocycles. The minimum atomic E-state index is -0.785. The summed E-state index contributed by atoms with van der Waals surface area (Å²) in [6.07, 6.45) is 4.70. The van der Waals surface area contributed by atoms with Crippen LogP contribution in [0.25, 0.3) is 0 Å². The summed E-state index contributed by atoms with van der Waals surface area (Å²) in [5.41, 5.74) is 0.788. The second-order valence-electron chi connectivity index (χ2n) is 4.92. The molecule has 0 saturated heterocycles. The normalized spacial score (nSPS) is 15.0. The van der Waals surface area contributed by atoms with Gasteiger partial charge in [0.1, 0.15) is 6.04 Å². The summed E-state index contributed by atoms with van der Waals surface area (Å²) in [5, 5.41) is 9.46. The van der Waals surface area contributed by atoms with E-state index in [-0.39, 0.29) is 12.1 Å². The van der Waals surface area contributed by atoms with Crippen molar-refractivity contribution in [2.45, 2.75) is 58.7 Å². The summed E-state index contributed by atoms with van der Waals surface area (Å²) >= 11 is 0. The smallest absolute Gasteiger partial charge is 0.321 e. The molecule has 1 aromatic heterocycles. The van der Waals surface area contributed by atoms with Crippen molar-refractivity contribution in [3.8, 4) is 0 Å². The Balaban J connectivity index is 2.90. The molecule has 1 rings (SSSR count). The number of imidazole rings is 1. The monoisotopic (exact) mass is 253 g/mol. The Morgan fingerprint density at radius 1 is 1.50 bits per heavy atom. The number of carboxylic acids is 1. The van der Waals surface area contributed by atoms with E-state index in [1.807, 2.05) is 13.8 Å². The van der Waals surface area contributed by atoms with Gasteiger partial charge in [0.05, 0.1) is 12.0 Å². The van der Waals surface area contributed by atoms with E-state index in [4.69, 9.17) is 0 Å². The average molecular weight is 253 g/mol. The zero-order valence-electron chi connectivity index (χ0n) is 11.6. The summed E-state index contributed by atoms with van der Waals surface area (Å²) in [4.78, 5) is 20.5. The lowest BCUT2D eigenvalue weighted by Crippen LogP contribution is -2.51. The standard InChI is InChI=1S/C13H23N3O2/c1-5-10(4)16(9(2)3)12(13(17)18)6-11-7-14-8-15-11/h7-10,12H,5-6H2,1-4H3,(H,14,15)(H,17,18). The molecule has 0 aliphatic carbocycles. The molecule has 102 valence electrons. The molecule has 0 fully saturated rings. The van der Waals surface area contributed by atoms with Crippen LogP contribution in [0.4, 0.5) is 0 Å². The maximum absolute atomic E-state index is 11.5. The first-order valence-electron chi connectivity index (χ1n) is 6.45. The minimum absolute atomic E-state index is 0.194. The highest BCUT2D eigenvalue weighted by Crippen LogP contribution is 2.17. The van der Waals surface area contributed by atoms with Crippen molar-refractivity contribution < 1.29 is 9.90 Å². The second-order valence-corrected chi connectivity index (χ2v) is 4.92. The fourth-order valence-corrected chi connectivity index (χ4v) is 2.31. The van der Waals surface area contributed by atoms with Crippen molar-refractivity contribution in [1.29, 1.82) is 0 Å². The third kappa shape index (κ3) is 3.57. The highest BCUT2D eigenvalue weighted by molar-refractivity contribution is 5.74. The number of nitrogens with one attached hydrogen (secondary N) is 1. The molecule has 2 atom stereocenters. The molecule has 2 unspecified atom stereocenters. The Morgan fingerprint density at radius 2 is 2.17 bits per heavy atom. The Bertz CT molecular complexity index is 362. The van der Waals surface area contributed by atoms with Gasteiger partial charge < -0.3 is 10.1 Å². The van der Waals surface area contributed by atoms with E-state index in [0.29, 0.717) is 6.42 Å². The van der Waals surface area contributed by atoms with Gasteiger partial charge in [0.25, 0.3) is 0 Å². The van der Waals surface area contributed by atoms with Gasteiger partial charge >= 0.3 is 5.97 Å². The molecule has 0 saturated carbocycles. The van der Waals surface area contributed by atoms with Gasteiger partial charge in [-0.1, -0.05) is 6.92 Å². The fraction of sp³-hybridized carbons (Fsp3) is 0.692. The first-order chi connectivity index (χ1) is 8.47. The van der Waals surface area contributed by atoms with Crippen molar-refractivity contribution in [3.63, 3.8) is 0 Å². The zero-order valence-corrected chi connectivity index (χ0v) is 11.6. The summed E-state index contributed by atoms with van der Waals surface area (Å²) in [7, 11) is 0. The highest BCUT2D eigenvalue weighted by Gasteiger charge is 2.31. The quantitative estimate of drug-likeness (QED) is 0.779. The number of rotatable bonds is 7. The summed E-state index contributed by atoms with van der Waals surface area (Å²) < 4.78 is 0. The molecule has 1 heterocycles. The van der Waals surface area contributed by atoms with Crippen LogP contribution in [0.3, 0.4) is 0 Å². The number of nitrogens with zero attached hydrogens (tertiary/aromatic N) is 2. The molecule has 0 bridgehead atoms. The van der Waals surface area contributed by atoms with Crippen molar-refractivity contribution in [2.24, 2.45) is 0 Å². The van der Waals surface area contributed by atoms with E-state index < -0.39 is 12.0 Å². The SMILES string of the molecule is CCC(C)N(C(C)C)C(Cc1c[nH]cn1)C(=O)O. The number of aliphatic carboxylic acids is 1. The van der Waals surface area contributed by atoms with Crippen LogP contribution in [-0.2, 0) is 11.2 Å². The average Bonchev–Trinajstić information content (AvgIpc) is 2.79. The van der Waals surface area contributed by atoms with Crippen LogP contribution in [0, 0.1) is 0 Å². The molecule has 2 N–H and O–H groups in total. The summed E-state index contributed by atoms with van der Waals surface area (Å²) in [6, 6.07) is -0.0896. The number of aromatic nitrogens is 2. The fourth-order valence-electron chi connectivity index (χ4n) is 2.31. The van der Waals surface area contributed by atoms with E-state index in [2.05, 4.69) is 28.7 Å². The maximum atomic E-state index is 11.5. The van der Waals surface area contributed by atoms with E-state index in [0.717, 1.165) is 12.1 Å². The minimum Gasteiger partial charge on any atom is -0.480 e. The molecule has 5 heteroatoms. The number of carbonyl (C=O) groups is 1. The summed E-state index contributed by atoms with van der Waals surface area (Å²) in [6.45, 7) is 8.22. The molecule has 0 aliphatic heterocycles. The number of carboxylic acid groups (broad SMARTS) is 1. The Kier molecular flexibility index (Phi) is 5.34. The lowest BCUT2D eigenvalue weighted by atomic mass is 10.0. The zero-order chi connectivity index (χ0) is 13.7. The third-order valence-corrected chi connectivity index (χ3v) is 3.30. The van der Waals surface area contributed by atoms with Crippen molar-refractivity contribution in [2.75, 3.05) is 0 Å². The largest absolute Gasteiger partial charge is 0.480 e. The van der Waals surface area contributed by atoms with Crippen molar-refractivity contribution in [1.82, 2.24) is 14.9 Å². The molecule has 0 spiro atoms. The first-order valence-corrected chi connectivity index (χ1v) is 6.45. The van der Waals surface area contributed by atoms with Gasteiger partial charge in [-0.2, -0.15) is 0 Å². The predicted molar refractivity (Wildman–Crippen MR) is 70.4 cm³/mol.